The van der Waals surface area contributed by atoms with E-state index in [2.05, 4.69) is 16.6 Å². The molecule has 2 N–H and O–H groups in total. The fourth-order valence-corrected chi connectivity index (χ4v) is 4.17. The zero-order valence-corrected chi connectivity index (χ0v) is 19.0. The van der Waals surface area contributed by atoms with Gasteiger partial charge in [0.1, 0.15) is 11.9 Å². The van der Waals surface area contributed by atoms with Gasteiger partial charge in [-0.25, -0.2) is 0 Å². The molecule has 5 heteroatoms. The molecule has 0 radical (unpaired) electrons. The highest BCUT2D eigenvalue weighted by Crippen LogP contribution is 2.33. The monoisotopic (exact) mass is 428 g/mol. The Morgan fingerprint density at radius 2 is 1.87 bits per heavy atom. The lowest BCUT2D eigenvalue weighted by molar-refractivity contribution is -0.140. The fourth-order valence-electron chi connectivity index (χ4n) is 4.17. The number of hydrogen-bond acceptors (Lipinski definition) is 5. The van der Waals surface area contributed by atoms with Crippen LogP contribution in [0.4, 0.5) is 0 Å². The largest absolute Gasteiger partial charge is 0.469 e. The van der Waals surface area contributed by atoms with Crippen molar-refractivity contribution in [3.8, 4) is 11.8 Å². The molecule has 2 rings (SSSR count). The maximum atomic E-state index is 12.4. The number of Topliss-reactive ketones (excluding diaryl/α,β-unsaturated/α-hetero) is 1. The maximum Gasteiger partial charge on any atom is 0.305 e. The topological polar surface area (TPSA) is 83.8 Å². The minimum atomic E-state index is -0.852. The lowest BCUT2D eigenvalue weighted by Crippen LogP contribution is -2.30. The van der Waals surface area contributed by atoms with Crippen molar-refractivity contribution >= 4 is 11.8 Å². The molecular formula is C26H36O5. The quantitative estimate of drug-likeness (QED) is 0.337. The van der Waals surface area contributed by atoms with E-state index in [0.717, 1.165) is 31.2 Å². The van der Waals surface area contributed by atoms with Gasteiger partial charge in [0.25, 0.3) is 0 Å². The zero-order chi connectivity index (χ0) is 22.9. The SMILES string of the molecule is COC(=O)CCCCCC[C@H]1C(=O)C[C@H](O)[C@@H]1C#CC(O)C(C)(C)Cc1ccccc1. The molecule has 31 heavy (non-hydrogen) atoms. The van der Waals surface area contributed by atoms with Crippen molar-refractivity contribution < 1.29 is 24.5 Å². The summed E-state index contributed by atoms with van der Waals surface area (Å²) in [4.78, 5) is 23.5. The van der Waals surface area contributed by atoms with Crippen molar-refractivity contribution in [1.29, 1.82) is 0 Å². The number of ether oxygens (including phenoxy) is 1. The van der Waals surface area contributed by atoms with Gasteiger partial charge in [0.15, 0.2) is 0 Å². The van der Waals surface area contributed by atoms with Crippen LogP contribution in [0.5, 0.6) is 0 Å². The first-order chi connectivity index (χ1) is 14.7. The molecule has 0 aliphatic heterocycles. The second-order valence-electron chi connectivity index (χ2n) is 9.24. The minimum Gasteiger partial charge on any atom is -0.469 e. The molecule has 1 aliphatic rings. The average molecular weight is 429 g/mol. The van der Waals surface area contributed by atoms with Crippen LogP contribution >= 0.6 is 0 Å². The van der Waals surface area contributed by atoms with Crippen LogP contribution in [0.25, 0.3) is 0 Å². The van der Waals surface area contributed by atoms with Gasteiger partial charge in [-0.15, -0.1) is 0 Å². The third-order valence-electron chi connectivity index (χ3n) is 6.18. The number of carbonyl (C=O) groups is 2. The summed E-state index contributed by atoms with van der Waals surface area (Å²) in [7, 11) is 1.39. The van der Waals surface area contributed by atoms with E-state index in [9.17, 15) is 19.8 Å². The van der Waals surface area contributed by atoms with E-state index in [1.807, 2.05) is 44.2 Å². The van der Waals surface area contributed by atoms with E-state index < -0.39 is 23.5 Å². The highest BCUT2D eigenvalue weighted by Gasteiger charge is 2.40. The van der Waals surface area contributed by atoms with Crippen LogP contribution in [-0.2, 0) is 20.7 Å². The van der Waals surface area contributed by atoms with E-state index in [4.69, 9.17) is 0 Å². The number of methoxy groups -OCH3 is 1. The Morgan fingerprint density at radius 1 is 1.19 bits per heavy atom. The van der Waals surface area contributed by atoms with Gasteiger partial charge in [0.05, 0.1) is 19.1 Å². The van der Waals surface area contributed by atoms with Crippen molar-refractivity contribution in [2.24, 2.45) is 17.3 Å². The summed E-state index contributed by atoms with van der Waals surface area (Å²) in [6, 6.07) is 9.98. The Labute approximate surface area is 186 Å². The van der Waals surface area contributed by atoms with Gasteiger partial charge in [0, 0.05) is 24.2 Å². The Balaban J connectivity index is 1.90. The molecule has 1 saturated carbocycles. The molecule has 0 saturated heterocycles. The standard InChI is InChI=1S/C26H36O5/c1-26(2,18-19-11-7-6-8-12-19)24(29)16-15-21-20(22(27)17-23(21)28)13-9-4-5-10-14-25(30)31-3/h6-8,11-12,20-21,23-24,28-29H,4-5,9-10,13-14,17-18H2,1-3H3/t20-,21-,23+,24?/m1/s1. The van der Waals surface area contributed by atoms with Crippen molar-refractivity contribution in [2.45, 2.75) is 77.4 Å². The molecule has 0 amide bonds. The Hall–Kier alpha value is -2.16. The van der Waals surface area contributed by atoms with Crippen LogP contribution in [0.1, 0.15) is 64.4 Å². The summed E-state index contributed by atoms with van der Waals surface area (Å²) < 4.78 is 4.63. The lowest BCUT2D eigenvalue weighted by Gasteiger charge is -2.27. The van der Waals surface area contributed by atoms with E-state index in [0.29, 0.717) is 19.3 Å². The second-order valence-corrected chi connectivity index (χ2v) is 9.24. The van der Waals surface area contributed by atoms with Crippen LogP contribution < -0.4 is 0 Å². The minimum absolute atomic E-state index is 0.0550. The number of rotatable bonds is 10. The smallest absolute Gasteiger partial charge is 0.305 e. The molecule has 170 valence electrons. The maximum absolute atomic E-state index is 12.4. The number of ketones is 1. The van der Waals surface area contributed by atoms with Crippen molar-refractivity contribution in [2.75, 3.05) is 7.11 Å². The third-order valence-corrected chi connectivity index (χ3v) is 6.18. The Morgan fingerprint density at radius 3 is 2.55 bits per heavy atom. The van der Waals surface area contributed by atoms with Crippen LogP contribution in [0.15, 0.2) is 30.3 Å². The number of unbranched alkanes of at least 4 members (excludes halogenated alkanes) is 3. The van der Waals surface area contributed by atoms with E-state index in [1.165, 1.54) is 7.11 Å². The number of aliphatic hydroxyl groups is 2. The normalized spacial score (nSPS) is 22.0. The highest BCUT2D eigenvalue weighted by atomic mass is 16.5. The zero-order valence-electron chi connectivity index (χ0n) is 19.0. The van der Waals surface area contributed by atoms with Gasteiger partial charge in [-0.1, -0.05) is 75.3 Å². The van der Waals surface area contributed by atoms with Gasteiger partial charge in [-0.2, -0.15) is 0 Å². The van der Waals surface area contributed by atoms with Crippen molar-refractivity contribution in [3.05, 3.63) is 35.9 Å². The molecular weight excluding hydrogens is 392 g/mol. The first kappa shape index (κ1) is 25.1. The number of hydrogen-bond donors (Lipinski definition) is 2. The third kappa shape index (κ3) is 7.79. The average Bonchev–Trinajstić information content (AvgIpc) is 3.01. The van der Waals surface area contributed by atoms with E-state index in [-0.39, 0.29) is 24.1 Å². The molecule has 1 aliphatic carbocycles. The summed E-state index contributed by atoms with van der Waals surface area (Å²) in [6.45, 7) is 3.95. The molecule has 1 fully saturated rings. The molecule has 5 nitrogen and oxygen atoms in total. The fraction of sp³-hybridized carbons (Fsp3) is 0.615. The predicted molar refractivity (Wildman–Crippen MR) is 120 cm³/mol. The molecule has 0 aromatic heterocycles. The highest BCUT2D eigenvalue weighted by molar-refractivity contribution is 5.85. The van der Waals surface area contributed by atoms with Crippen LogP contribution in [0.2, 0.25) is 0 Å². The second kappa shape index (κ2) is 12.0. The van der Waals surface area contributed by atoms with Crippen LogP contribution in [0.3, 0.4) is 0 Å². The first-order valence-corrected chi connectivity index (χ1v) is 11.2. The summed E-state index contributed by atoms with van der Waals surface area (Å²) in [5, 5.41) is 21.1. The number of carbonyl (C=O) groups excluding carboxylic acids is 2. The van der Waals surface area contributed by atoms with Gasteiger partial charge < -0.3 is 14.9 Å². The van der Waals surface area contributed by atoms with Gasteiger partial charge in [-0.3, -0.25) is 9.59 Å². The van der Waals surface area contributed by atoms with Crippen LogP contribution in [-0.4, -0.2) is 41.3 Å². The molecule has 1 unspecified atom stereocenters. The summed E-state index contributed by atoms with van der Waals surface area (Å²) >= 11 is 0. The molecule has 4 atom stereocenters. The number of esters is 1. The molecule has 1 aromatic carbocycles. The molecule has 0 heterocycles. The molecule has 0 spiro atoms. The van der Waals surface area contributed by atoms with Gasteiger partial charge >= 0.3 is 5.97 Å². The summed E-state index contributed by atoms with van der Waals surface area (Å²) in [6.07, 6.45) is 3.75. The Bertz CT molecular complexity index is 774. The molecule has 0 bridgehead atoms. The molecule has 1 aromatic rings. The number of aliphatic hydroxyl groups excluding tert-OH is 2. The summed E-state index contributed by atoms with van der Waals surface area (Å²) in [5.74, 6) is 5.13. The summed E-state index contributed by atoms with van der Waals surface area (Å²) in [5.41, 5.74) is 0.686. The van der Waals surface area contributed by atoms with Gasteiger partial charge in [0.2, 0.25) is 0 Å². The van der Waals surface area contributed by atoms with E-state index in [1.54, 1.807) is 0 Å². The lowest BCUT2D eigenvalue weighted by atomic mass is 9.80. The number of benzene rings is 1. The predicted octanol–water partition coefficient (Wildman–Crippen LogP) is 3.70. The van der Waals surface area contributed by atoms with Crippen molar-refractivity contribution in [1.82, 2.24) is 0 Å². The van der Waals surface area contributed by atoms with Crippen LogP contribution in [0, 0.1) is 29.1 Å². The van der Waals surface area contributed by atoms with Gasteiger partial charge in [-0.05, 0) is 24.8 Å². The van der Waals surface area contributed by atoms with E-state index >= 15 is 0 Å². The van der Waals surface area contributed by atoms with Crippen molar-refractivity contribution in [3.63, 3.8) is 0 Å². The Kier molecular flexibility index (Phi) is 9.74. The first-order valence-electron chi connectivity index (χ1n) is 11.2.